The van der Waals surface area contributed by atoms with Gasteiger partial charge in [0.2, 0.25) is 0 Å². The molecule has 0 aromatic heterocycles. The highest BCUT2D eigenvalue weighted by Gasteiger charge is 2.46. The lowest BCUT2D eigenvalue weighted by Gasteiger charge is -2.12. The van der Waals surface area contributed by atoms with Gasteiger partial charge in [0.05, 0.1) is 18.8 Å². The minimum absolute atomic E-state index is 0. The Balaban J connectivity index is 0.000000138. The van der Waals surface area contributed by atoms with E-state index in [1.807, 2.05) is 36.4 Å². The normalized spacial score (nSPS) is 29.5. The zero-order valence-corrected chi connectivity index (χ0v) is 38.4. The van der Waals surface area contributed by atoms with Crippen molar-refractivity contribution in [2.75, 3.05) is 0 Å². The molecule has 9 unspecified atom stereocenters. The van der Waals surface area contributed by atoms with Crippen molar-refractivity contribution in [1.29, 1.82) is 0 Å². The molecule has 322 valence electrons. The maximum absolute atomic E-state index is 12.3. The number of ether oxygens (including phenoxy) is 4. The van der Waals surface area contributed by atoms with E-state index in [0.717, 1.165) is 36.7 Å². The number of benzene rings is 3. The van der Waals surface area contributed by atoms with E-state index in [2.05, 4.69) is 54.3 Å². The fourth-order valence-corrected chi connectivity index (χ4v) is 10.2. The van der Waals surface area contributed by atoms with E-state index < -0.39 is 12.6 Å². The van der Waals surface area contributed by atoms with Crippen LogP contribution < -0.4 is 0 Å². The van der Waals surface area contributed by atoms with Crippen LogP contribution in [0.2, 0.25) is 0 Å². The molecule has 3 saturated carbocycles. The van der Waals surface area contributed by atoms with Crippen molar-refractivity contribution >= 4 is 57.0 Å². The summed E-state index contributed by atoms with van der Waals surface area (Å²) in [6.07, 6.45) is 10.1. The van der Waals surface area contributed by atoms with Gasteiger partial charge in [-0.05, 0) is 84.2 Å². The molecule has 1 N–H and O–H groups in total. The summed E-state index contributed by atoms with van der Waals surface area (Å²) in [7, 11) is 4.67. The summed E-state index contributed by atoms with van der Waals surface area (Å²) in [6, 6.07) is 24.9. The Hall–Kier alpha value is -5.00. The van der Waals surface area contributed by atoms with Crippen LogP contribution in [0.5, 0.6) is 0 Å². The standard InChI is InChI=1S/2C18H16O4.C13H12O2.H4P2.H3P/c2*1-10-6-17(22-18(10)20)21-9-15-13-7-11-4-2-3-5-12(11)14(13)8-16(15)19;14-7-12-10-5-8-3-1-2-4-9(8)11(10)6-13(12)15;1-2;/h2*2-6,9,13-14,17H,7-8H2,1H3;1-4,7,10-11,14H,5-6H2;1-2H2;1H3/b2*15-9+;12-7-;;/t2*13-,14?,17?;;;/m00.../s1. The average molecular weight is 893 g/mol. The number of hydrogen-bond acceptors (Lipinski definition) is 10. The zero-order valence-electron chi connectivity index (χ0n) is 34.7. The van der Waals surface area contributed by atoms with Gasteiger partial charge in [0.25, 0.3) is 12.6 Å². The van der Waals surface area contributed by atoms with E-state index in [1.165, 1.54) is 45.9 Å². The highest BCUT2D eigenvalue weighted by atomic mass is 32.0. The first kappa shape index (κ1) is 45.0. The van der Waals surface area contributed by atoms with Crippen LogP contribution in [0.1, 0.15) is 84.2 Å². The molecule has 0 spiro atoms. The topological polar surface area (TPSA) is 142 Å². The highest BCUT2D eigenvalue weighted by molar-refractivity contribution is 7.92. The van der Waals surface area contributed by atoms with Crippen molar-refractivity contribution in [3.05, 3.63) is 165 Å². The zero-order chi connectivity index (χ0) is 42.9. The number of allylic oxidation sites excluding steroid dienone is 3. The van der Waals surface area contributed by atoms with Crippen LogP contribution in [0.15, 0.2) is 132 Å². The van der Waals surface area contributed by atoms with Gasteiger partial charge in [-0.1, -0.05) is 72.8 Å². The summed E-state index contributed by atoms with van der Waals surface area (Å²) in [5.74, 6) is 1.08. The Labute approximate surface area is 369 Å². The molecule has 3 aromatic carbocycles. The molecule has 11 rings (SSSR count). The average Bonchev–Trinajstić information content (AvgIpc) is 4.15. The number of carbonyl (C=O) groups is 5. The smallest absolute Gasteiger partial charge is 0.336 e. The van der Waals surface area contributed by atoms with Crippen LogP contribution in [0.4, 0.5) is 0 Å². The number of aliphatic hydroxyl groups is 1. The van der Waals surface area contributed by atoms with E-state index >= 15 is 0 Å². The second-order valence-electron chi connectivity index (χ2n) is 16.5. The molecule has 11 atom stereocenters. The number of cyclic esters (lactones) is 2. The Morgan fingerprint density at radius 2 is 0.839 bits per heavy atom. The Morgan fingerprint density at radius 1 is 0.516 bits per heavy atom. The third-order valence-electron chi connectivity index (χ3n) is 13.2. The number of Topliss-reactive ketones (excluding diaryl/α,β-unsaturated/α-hetero) is 3. The first-order valence-corrected chi connectivity index (χ1v) is 23.2. The van der Waals surface area contributed by atoms with Crippen molar-refractivity contribution in [3.8, 4) is 0 Å². The van der Waals surface area contributed by atoms with Crippen LogP contribution in [-0.4, -0.2) is 47.0 Å². The lowest BCUT2D eigenvalue weighted by atomic mass is 9.95. The maximum Gasteiger partial charge on any atom is 0.336 e. The summed E-state index contributed by atoms with van der Waals surface area (Å²) in [6.45, 7) is 3.37. The van der Waals surface area contributed by atoms with Crippen molar-refractivity contribution in [2.45, 2.75) is 82.7 Å². The molecule has 0 bridgehead atoms. The van der Waals surface area contributed by atoms with Gasteiger partial charge in [-0.25, -0.2) is 9.59 Å². The summed E-state index contributed by atoms with van der Waals surface area (Å²) in [4.78, 5) is 58.8. The molecule has 6 aliphatic carbocycles. The monoisotopic (exact) mass is 892 g/mol. The molecule has 8 aliphatic rings. The van der Waals surface area contributed by atoms with Gasteiger partial charge in [-0.3, -0.25) is 14.4 Å². The summed E-state index contributed by atoms with van der Waals surface area (Å²) < 4.78 is 21.1. The largest absolute Gasteiger partial charge is 0.515 e. The molecule has 10 nitrogen and oxygen atoms in total. The molecule has 0 amide bonds. The van der Waals surface area contributed by atoms with Gasteiger partial charge in [0, 0.05) is 77.0 Å². The second kappa shape index (κ2) is 19.2. The van der Waals surface area contributed by atoms with Crippen molar-refractivity contribution in [2.24, 2.45) is 17.8 Å². The fourth-order valence-electron chi connectivity index (χ4n) is 10.2. The van der Waals surface area contributed by atoms with Crippen molar-refractivity contribution in [1.82, 2.24) is 0 Å². The predicted molar refractivity (Wildman–Crippen MR) is 245 cm³/mol. The van der Waals surface area contributed by atoms with E-state index in [4.69, 9.17) is 24.1 Å². The number of fused-ring (bicyclic) bond motifs is 9. The Kier molecular flexibility index (Phi) is 13.9. The number of rotatable bonds is 4. The number of aliphatic hydroxyl groups excluding tert-OH is 1. The second-order valence-corrected chi connectivity index (χ2v) is 16.5. The van der Waals surface area contributed by atoms with Crippen LogP contribution >= 0.6 is 27.8 Å². The first-order chi connectivity index (χ1) is 29.6. The van der Waals surface area contributed by atoms with Crippen LogP contribution in [-0.2, 0) is 62.2 Å². The van der Waals surface area contributed by atoms with E-state index in [0.29, 0.717) is 41.9 Å². The van der Waals surface area contributed by atoms with Crippen LogP contribution in [0, 0.1) is 17.8 Å². The first-order valence-electron chi connectivity index (χ1n) is 20.6. The molecule has 2 heterocycles. The van der Waals surface area contributed by atoms with Crippen LogP contribution in [0.3, 0.4) is 0 Å². The Bertz CT molecular complexity index is 2340. The van der Waals surface area contributed by atoms with Gasteiger partial charge in [-0.2, -0.15) is 9.90 Å². The molecule has 62 heavy (non-hydrogen) atoms. The van der Waals surface area contributed by atoms with E-state index in [1.54, 1.807) is 26.0 Å². The molecule has 3 fully saturated rings. The maximum atomic E-state index is 12.3. The van der Waals surface area contributed by atoms with Crippen molar-refractivity contribution < 1.29 is 48.0 Å². The SMILES string of the molecule is CC1=CC(O/C=C2/C(=O)CC3c4ccccc4C[C@H]23)OC1=O.CC1=CC(O/C=C2/C(=O)CC3c4ccccc4C[C@H]23)OC1=O.O=C1CC2c3ccccc3CC2/C1=C/O.P.PP. The molecule has 0 radical (unpaired) electrons. The highest BCUT2D eigenvalue weighted by Crippen LogP contribution is 2.51. The summed E-state index contributed by atoms with van der Waals surface area (Å²) >= 11 is 0. The molecule has 2 aliphatic heterocycles. The predicted octanol–water partition coefficient (Wildman–Crippen LogP) is 8.36. The minimum Gasteiger partial charge on any atom is -0.515 e. The summed E-state index contributed by atoms with van der Waals surface area (Å²) in [5.41, 5.74) is 11.0. The third-order valence-corrected chi connectivity index (χ3v) is 13.2. The Morgan fingerprint density at radius 3 is 1.16 bits per heavy atom. The van der Waals surface area contributed by atoms with E-state index in [9.17, 15) is 24.0 Å². The van der Waals surface area contributed by atoms with Gasteiger partial charge < -0.3 is 24.1 Å². The van der Waals surface area contributed by atoms with Crippen LogP contribution in [0.25, 0.3) is 0 Å². The molecule has 3 aromatic rings. The number of ketones is 3. The lowest BCUT2D eigenvalue weighted by Crippen LogP contribution is -2.11. The van der Waals surface area contributed by atoms with Crippen molar-refractivity contribution in [3.63, 3.8) is 0 Å². The quantitative estimate of drug-likeness (QED) is 0.118. The van der Waals surface area contributed by atoms with Gasteiger partial charge in [0.15, 0.2) is 17.3 Å². The molecule has 0 saturated heterocycles. The number of esters is 2. The molecular formula is C49H51O10P3. The van der Waals surface area contributed by atoms with Gasteiger partial charge in [-0.15, -0.1) is 17.9 Å². The fraction of sp³-hybridized carbons (Fsp3) is 0.327. The molecule has 13 heteroatoms. The number of carbonyl (C=O) groups excluding carboxylic acids is 5. The van der Waals surface area contributed by atoms with Gasteiger partial charge >= 0.3 is 11.9 Å². The number of hydrogen-bond donors (Lipinski definition) is 1. The van der Waals surface area contributed by atoms with E-state index in [-0.39, 0.29) is 68.8 Å². The third kappa shape index (κ3) is 8.67. The molecular weight excluding hydrogens is 841 g/mol. The lowest BCUT2D eigenvalue weighted by molar-refractivity contribution is -0.153. The minimum atomic E-state index is -0.712. The summed E-state index contributed by atoms with van der Waals surface area (Å²) in [5, 5.41) is 9.08. The van der Waals surface area contributed by atoms with Gasteiger partial charge in [0.1, 0.15) is 0 Å².